The lowest BCUT2D eigenvalue weighted by atomic mass is 10.2. The zero-order valence-electron chi connectivity index (χ0n) is 8.12. The minimum Gasteiger partial charge on any atom is -0.331 e. The van der Waals surface area contributed by atoms with Crippen LogP contribution in [0.25, 0.3) is 0 Å². The lowest BCUT2D eigenvalue weighted by molar-refractivity contribution is -0.117. The Hall–Kier alpha value is -1.07. The molecule has 0 saturated heterocycles. The van der Waals surface area contributed by atoms with Gasteiger partial charge in [-0.1, -0.05) is 0 Å². The lowest BCUT2D eigenvalue weighted by Gasteiger charge is -2.12. The Bertz CT molecular complexity index is 340. The van der Waals surface area contributed by atoms with Gasteiger partial charge in [0, 0.05) is 0 Å². The molecule has 3 amide bonds. The molecule has 2 N–H and O–H groups in total. The van der Waals surface area contributed by atoms with Crippen molar-refractivity contribution >= 4 is 34.9 Å². The molecule has 1 aromatic rings. The van der Waals surface area contributed by atoms with E-state index in [1.54, 1.807) is 11.3 Å². The highest BCUT2D eigenvalue weighted by molar-refractivity contribution is 7.07. The largest absolute Gasteiger partial charge is 0.331 e. The van der Waals surface area contributed by atoms with E-state index in [1.165, 1.54) is 0 Å². The highest BCUT2D eigenvalue weighted by Gasteiger charge is 2.11. The van der Waals surface area contributed by atoms with Gasteiger partial charge in [0.1, 0.15) is 5.88 Å². The van der Waals surface area contributed by atoms with Crippen molar-refractivity contribution < 1.29 is 9.59 Å². The summed E-state index contributed by atoms with van der Waals surface area (Å²) in [5.74, 6) is -0.730. The van der Waals surface area contributed by atoms with Crippen molar-refractivity contribution in [1.29, 1.82) is 0 Å². The van der Waals surface area contributed by atoms with Crippen molar-refractivity contribution in [3.8, 4) is 0 Å². The zero-order chi connectivity index (χ0) is 11.3. The molecule has 0 spiro atoms. The summed E-state index contributed by atoms with van der Waals surface area (Å²) in [6.07, 6.45) is 0. The van der Waals surface area contributed by atoms with E-state index in [0.29, 0.717) is 0 Å². The fourth-order valence-electron chi connectivity index (χ4n) is 0.997. The van der Waals surface area contributed by atoms with Crippen LogP contribution in [0.1, 0.15) is 18.5 Å². The summed E-state index contributed by atoms with van der Waals surface area (Å²) in [5, 5.41) is 8.59. The molecule has 0 fully saturated rings. The first-order chi connectivity index (χ1) is 7.13. The Morgan fingerprint density at radius 2 is 2.33 bits per heavy atom. The Labute approximate surface area is 96.6 Å². The van der Waals surface area contributed by atoms with Crippen molar-refractivity contribution in [2.45, 2.75) is 13.0 Å². The zero-order valence-corrected chi connectivity index (χ0v) is 9.69. The van der Waals surface area contributed by atoms with E-state index in [4.69, 9.17) is 11.6 Å². The summed E-state index contributed by atoms with van der Waals surface area (Å²) in [6.45, 7) is 1.84. The standard InChI is InChI=1S/C9H11ClN2O2S/c1-6(7-2-3-15-5-7)11-9(14)12-8(13)4-10/h2-3,5-6H,4H2,1H3,(H2,11,12,13,14). The van der Waals surface area contributed by atoms with Crippen molar-refractivity contribution in [3.63, 3.8) is 0 Å². The van der Waals surface area contributed by atoms with Gasteiger partial charge < -0.3 is 5.32 Å². The van der Waals surface area contributed by atoms with Crippen LogP contribution >= 0.6 is 22.9 Å². The summed E-state index contributed by atoms with van der Waals surface area (Å²) in [6, 6.07) is 1.26. The fourth-order valence-corrected chi connectivity index (χ4v) is 1.82. The normalized spacial score (nSPS) is 11.9. The average Bonchev–Trinajstić information content (AvgIpc) is 2.70. The van der Waals surface area contributed by atoms with Crippen molar-refractivity contribution in [1.82, 2.24) is 10.6 Å². The van der Waals surface area contributed by atoms with E-state index in [-0.39, 0.29) is 11.9 Å². The Morgan fingerprint density at radius 3 is 2.87 bits per heavy atom. The van der Waals surface area contributed by atoms with Crippen molar-refractivity contribution in [2.24, 2.45) is 0 Å². The number of thiophene rings is 1. The maximum absolute atomic E-state index is 11.2. The predicted molar refractivity (Wildman–Crippen MR) is 60.1 cm³/mol. The molecule has 6 heteroatoms. The molecule has 15 heavy (non-hydrogen) atoms. The predicted octanol–water partition coefficient (Wildman–Crippen LogP) is 1.87. The molecule has 1 rings (SSSR count). The van der Waals surface area contributed by atoms with Gasteiger partial charge in [-0.2, -0.15) is 11.3 Å². The molecule has 82 valence electrons. The van der Waals surface area contributed by atoms with Gasteiger partial charge in [-0.05, 0) is 29.3 Å². The molecule has 0 radical (unpaired) electrons. The van der Waals surface area contributed by atoms with E-state index in [9.17, 15) is 9.59 Å². The number of halogens is 1. The number of urea groups is 1. The number of hydrogen-bond acceptors (Lipinski definition) is 3. The topological polar surface area (TPSA) is 58.2 Å². The van der Waals surface area contributed by atoms with Crippen molar-refractivity contribution in [2.75, 3.05) is 5.88 Å². The first kappa shape index (κ1) is 12.0. The first-order valence-electron chi connectivity index (χ1n) is 4.32. The molecule has 1 unspecified atom stereocenters. The monoisotopic (exact) mass is 246 g/mol. The van der Waals surface area contributed by atoms with Crippen LogP contribution in [0.3, 0.4) is 0 Å². The van der Waals surface area contributed by atoms with Gasteiger partial charge in [0.05, 0.1) is 6.04 Å². The van der Waals surface area contributed by atoms with Crippen LogP contribution < -0.4 is 10.6 Å². The second-order valence-electron chi connectivity index (χ2n) is 2.93. The lowest BCUT2D eigenvalue weighted by Crippen LogP contribution is -2.41. The Kier molecular flexibility index (Phi) is 4.58. The molecule has 0 aliphatic rings. The SMILES string of the molecule is CC(NC(=O)NC(=O)CCl)c1ccsc1. The molecule has 0 aromatic carbocycles. The number of imide groups is 1. The number of hydrogen-bond donors (Lipinski definition) is 2. The molecular weight excluding hydrogens is 236 g/mol. The summed E-state index contributed by atoms with van der Waals surface area (Å²) < 4.78 is 0. The van der Waals surface area contributed by atoms with Gasteiger partial charge in [-0.3, -0.25) is 10.1 Å². The highest BCUT2D eigenvalue weighted by atomic mass is 35.5. The number of amides is 3. The second-order valence-corrected chi connectivity index (χ2v) is 3.98. The quantitative estimate of drug-likeness (QED) is 0.800. The minimum atomic E-state index is -0.528. The van der Waals surface area contributed by atoms with Crippen LogP contribution in [0.5, 0.6) is 0 Å². The summed E-state index contributed by atoms with van der Waals surface area (Å²) in [5.41, 5.74) is 1.01. The van der Waals surface area contributed by atoms with Crippen molar-refractivity contribution in [3.05, 3.63) is 22.4 Å². The average molecular weight is 247 g/mol. The third-order valence-electron chi connectivity index (χ3n) is 1.77. The van der Waals surface area contributed by atoms with Gasteiger partial charge in [0.15, 0.2) is 0 Å². The van der Waals surface area contributed by atoms with Gasteiger partial charge in [-0.15, -0.1) is 11.6 Å². The Morgan fingerprint density at radius 1 is 1.60 bits per heavy atom. The molecule has 1 atom stereocenters. The van der Waals surface area contributed by atoms with Crippen LogP contribution in [-0.4, -0.2) is 17.8 Å². The molecule has 1 aromatic heterocycles. The minimum absolute atomic E-state index is 0.126. The molecule has 0 aliphatic heterocycles. The van der Waals surface area contributed by atoms with Crippen LogP contribution in [0.4, 0.5) is 4.79 Å². The summed E-state index contributed by atoms with van der Waals surface area (Å²) >= 11 is 6.80. The van der Waals surface area contributed by atoms with E-state index in [0.717, 1.165) is 5.56 Å². The summed E-state index contributed by atoms with van der Waals surface area (Å²) in [7, 11) is 0. The van der Waals surface area contributed by atoms with Crippen LogP contribution in [0.2, 0.25) is 0 Å². The van der Waals surface area contributed by atoms with Gasteiger partial charge in [0.2, 0.25) is 5.91 Å². The molecule has 0 bridgehead atoms. The second kappa shape index (κ2) is 5.72. The van der Waals surface area contributed by atoms with Crippen LogP contribution in [0.15, 0.2) is 16.8 Å². The molecule has 0 aliphatic carbocycles. The third kappa shape index (κ3) is 3.89. The summed E-state index contributed by atoms with van der Waals surface area (Å²) in [4.78, 5) is 22.0. The van der Waals surface area contributed by atoms with Crippen LogP contribution in [-0.2, 0) is 4.79 Å². The maximum Gasteiger partial charge on any atom is 0.321 e. The molecule has 4 nitrogen and oxygen atoms in total. The van der Waals surface area contributed by atoms with Crippen LogP contribution in [0, 0.1) is 0 Å². The van der Waals surface area contributed by atoms with Gasteiger partial charge in [-0.25, -0.2) is 4.79 Å². The van der Waals surface area contributed by atoms with E-state index in [1.807, 2.05) is 23.8 Å². The first-order valence-corrected chi connectivity index (χ1v) is 5.79. The van der Waals surface area contributed by atoms with E-state index < -0.39 is 11.9 Å². The smallest absolute Gasteiger partial charge is 0.321 e. The maximum atomic E-state index is 11.2. The molecule has 1 heterocycles. The fraction of sp³-hybridized carbons (Fsp3) is 0.333. The van der Waals surface area contributed by atoms with Gasteiger partial charge >= 0.3 is 6.03 Å². The number of rotatable bonds is 3. The highest BCUT2D eigenvalue weighted by Crippen LogP contribution is 2.14. The third-order valence-corrected chi connectivity index (χ3v) is 2.71. The number of nitrogens with one attached hydrogen (secondary N) is 2. The van der Waals surface area contributed by atoms with E-state index >= 15 is 0 Å². The molecular formula is C9H11ClN2O2S. The van der Waals surface area contributed by atoms with Gasteiger partial charge in [0.25, 0.3) is 0 Å². The number of alkyl halides is 1. The number of carbonyl (C=O) groups is 2. The molecule has 0 saturated carbocycles. The Balaban J connectivity index is 2.42. The number of carbonyl (C=O) groups excluding carboxylic acids is 2. The van der Waals surface area contributed by atoms with E-state index in [2.05, 4.69) is 10.6 Å².